The van der Waals surface area contributed by atoms with Crippen molar-refractivity contribution < 1.29 is 32.6 Å². The number of benzene rings is 2. The molecular weight excluding hydrogens is 341 g/mol. The van der Waals surface area contributed by atoms with Crippen LogP contribution >= 0.6 is 0 Å². The number of halogens is 3. The van der Waals surface area contributed by atoms with Crippen molar-refractivity contribution in [2.24, 2.45) is 0 Å². The zero-order valence-corrected chi connectivity index (χ0v) is 12.8. The topological polar surface area (TPSA) is 87.7 Å². The monoisotopic (exact) mass is 354 g/mol. The lowest BCUT2D eigenvalue weighted by Crippen LogP contribution is -2.21. The first kappa shape index (κ1) is 18.1. The van der Waals surface area contributed by atoms with Crippen LogP contribution in [0.3, 0.4) is 0 Å². The van der Waals surface area contributed by atoms with Crippen molar-refractivity contribution in [3.05, 3.63) is 53.6 Å². The van der Waals surface area contributed by atoms with Gasteiger partial charge in [0.25, 0.3) is 0 Å². The standard InChI is InChI=1S/C16H13F3N2O4/c1-25-11-5-6-13(12(8-11)14(22)23)21-15(24)20-10-4-2-3-9(7-10)16(17,18)19/h2-8H,1H3,(H,22,23)(H2,20,21,24). The minimum atomic E-state index is -4.54. The van der Waals surface area contributed by atoms with Crippen LogP contribution in [-0.2, 0) is 6.18 Å². The van der Waals surface area contributed by atoms with Gasteiger partial charge in [0, 0.05) is 5.69 Å². The number of aromatic carboxylic acids is 1. The Bertz CT molecular complexity index is 806. The molecule has 0 radical (unpaired) electrons. The van der Waals surface area contributed by atoms with E-state index >= 15 is 0 Å². The summed E-state index contributed by atoms with van der Waals surface area (Å²) in [6.07, 6.45) is -4.54. The highest BCUT2D eigenvalue weighted by molar-refractivity contribution is 6.04. The molecule has 0 saturated carbocycles. The van der Waals surface area contributed by atoms with Gasteiger partial charge in [0.15, 0.2) is 0 Å². The first-order chi connectivity index (χ1) is 11.7. The third-order valence-corrected chi connectivity index (χ3v) is 3.15. The van der Waals surface area contributed by atoms with Gasteiger partial charge in [-0.2, -0.15) is 13.2 Å². The predicted octanol–water partition coefficient (Wildman–Crippen LogP) is 4.06. The molecule has 0 bridgehead atoms. The van der Waals surface area contributed by atoms with Crippen LogP contribution in [0.5, 0.6) is 5.75 Å². The van der Waals surface area contributed by atoms with Crippen molar-refractivity contribution in [1.29, 1.82) is 0 Å². The smallest absolute Gasteiger partial charge is 0.416 e. The maximum Gasteiger partial charge on any atom is 0.416 e. The minimum absolute atomic E-state index is 0.0298. The molecule has 9 heteroatoms. The van der Waals surface area contributed by atoms with E-state index in [0.29, 0.717) is 0 Å². The number of ether oxygens (including phenoxy) is 1. The van der Waals surface area contributed by atoms with Crippen LogP contribution in [0.1, 0.15) is 15.9 Å². The summed E-state index contributed by atoms with van der Waals surface area (Å²) in [4.78, 5) is 23.2. The molecule has 6 nitrogen and oxygen atoms in total. The highest BCUT2D eigenvalue weighted by Crippen LogP contribution is 2.30. The Morgan fingerprint density at radius 2 is 1.80 bits per heavy atom. The number of rotatable bonds is 4. The Morgan fingerprint density at radius 3 is 2.40 bits per heavy atom. The first-order valence-corrected chi connectivity index (χ1v) is 6.87. The Balaban J connectivity index is 2.17. The number of carbonyl (C=O) groups is 2. The van der Waals surface area contributed by atoms with Gasteiger partial charge in [0.1, 0.15) is 5.75 Å². The zero-order valence-electron chi connectivity index (χ0n) is 12.8. The van der Waals surface area contributed by atoms with Gasteiger partial charge in [-0.3, -0.25) is 0 Å². The van der Waals surface area contributed by atoms with Crippen LogP contribution in [0.25, 0.3) is 0 Å². The number of urea groups is 1. The fourth-order valence-corrected chi connectivity index (χ4v) is 1.99. The maximum atomic E-state index is 12.7. The molecule has 25 heavy (non-hydrogen) atoms. The number of hydrogen-bond acceptors (Lipinski definition) is 3. The maximum absolute atomic E-state index is 12.7. The summed E-state index contributed by atoms with van der Waals surface area (Å²) >= 11 is 0. The number of alkyl halides is 3. The zero-order chi connectivity index (χ0) is 18.6. The summed E-state index contributed by atoms with van der Waals surface area (Å²) in [5.74, 6) is -1.02. The molecule has 132 valence electrons. The van der Waals surface area contributed by atoms with E-state index in [1.54, 1.807) is 0 Å². The van der Waals surface area contributed by atoms with Gasteiger partial charge < -0.3 is 20.5 Å². The molecule has 0 aliphatic heterocycles. The van der Waals surface area contributed by atoms with E-state index in [4.69, 9.17) is 9.84 Å². The molecular formula is C16H13F3N2O4. The molecule has 0 fully saturated rings. The van der Waals surface area contributed by atoms with Gasteiger partial charge in [0.05, 0.1) is 23.9 Å². The molecule has 0 heterocycles. The lowest BCUT2D eigenvalue weighted by molar-refractivity contribution is -0.137. The molecule has 0 atom stereocenters. The van der Waals surface area contributed by atoms with Crippen molar-refractivity contribution in [2.75, 3.05) is 17.7 Å². The van der Waals surface area contributed by atoms with Gasteiger partial charge in [0.2, 0.25) is 0 Å². The number of hydrogen-bond donors (Lipinski definition) is 3. The highest BCUT2D eigenvalue weighted by atomic mass is 19.4. The van der Waals surface area contributed by atoms with E-state index in [9.17, 15) is 22.8 Å². The largest absolute Gasteiger partial charge is 0.497 e. The van der Waals surface area contributed by atoms with Crippen molar-refractivity contribution in [3.63, 3.8) is 0 Å². The quantitative estimate of drug-likeness (QED) is 0.773. The van der Waals surface area contributed by atoms with Crippen molar-refractivity contribution in [3.8, 4) is 5.75 Å². The number of amides is 2. The highest BCUT2D eigenvalue weighted by Gasteiger charge is 2.30. The lowest BCUT2D eigenvalue weighted by Gasteiger charge is -2.12. The van der Waals surface area contributed by atoms with Gasteiger partial charge in [-0.25, -0.2) is 9.59 Å². The average Bonchev–Trinajstić information content (AvgIpc) is 2.54. The minimum Gasteiger partial charge on any atom is -0.497 e. The molecule has 2 rings (SSSR count). The molecule has 0 aromatic heterocycles. The molecule has 2 amide bonds. The SMILES string of the molecule is COc1ccc(NC(=O)Nc2cccc(C(F)(F)F)c2)c(C(=O)O)c1. The summed E-state index contributed by atoms with van der Waals surface area (Å²) in [7, 11) is 1.36. The molecule has 0 saturated heterocycles. The van der Waals surface area contributed by atoms with Crippen molar-refractivity contribution >= 4 is 23.4 Å². The van der Waals surface area contributed by atoms with E-state index in [-0.39, 0.29) is 22.7 Å². The van der Waals surface area contributed by atoms with Gasteiger partial charge in [-0.1, -0.05) is 6.07 Å². The molecule has 0 unspecified atom stereocenters. The first-order valence-electron chi connectivity index (χ1n) is 6.87. The lowest BCUT2D eigenvalue weighted by atomic mass is 10.1. The summed E-state index contributed by atoms with van der Waals surface area (Å²) in [6, 6.07) is 7.14. The molecule has 3 N–H and O–H groups in total. The summed E-state index contributed by atoms with van der Waals surface area (Å²) in [5, 5.41) is 13.7. The molecule has 0 spiro atoms. The van der Waals surface area contributed by atoms with Gasteiger partial charge >= 0.3 is 18.2 Å². The van der Waals surface area contributed by atoms with E-state index in [1.807, 2.05) is 0 Å². The third kappa shape index (κ3) is 4.63. The molecule has 2 aromatic rings. The number of carboxylic acid groups (broad SMARTS) is 1. The normalized spacial score (nSPS) is 10.9. The van der Waals surface area contributed by atoms with E-state index in [0.717, 1.165) is 18.2 Å². The number of anilines is 2. The van der Waals surface area contributed by atoms with Gasteiger partial charge in [-0.15, -0.1) is 0 Å². The second kappa shape index (κ2) is 7.12. The molecule has 2 aromatic carbocycles. The van der Waals surface area contributed by atoms with Crippen LogP contribution in [0.4, 0.5) is 29.3 Å². The fraction of sp³-hybridized carbons (Fsp3) is 0.125. The Morgan fingerprint density at radius 1 is 1.08 bits per heavy atom. The van der Waals surface area contributed by atoms with Crippen LogP contribution in [0.15, 0.2) is 42.5 Å². The van der Waals surface area contributed by atoms with E-state index in [1.165, 1.54) is 31.4 Å². The van der Waals surface area contributed by atoms with Crippen LogP contribution in [0.2, 0.25) is 0 Å². The van der Waals surface area contributed by atoms with Crippen LogP contribution < -0.4 is 15.4 Å². The summed E-state index contributed by atoms with van der Waals surface area (Å²) < 4.78 is 42.9. The van der Waals surface area contributed by atoms with E-state index < -0.39 is 23.7 Å². The number of carbonyl (C=O) groups excluding carboxylic acids is 1. The molecule has 0 aliphatic carbocycles. The Kier molecular flexibility index (Phi) is 5.16. The molecule has 0 aliphatic rings. The van der Waals surface area contributed by atoms with E-state index in [2.05, 4.69) is 10.6 Å². The predicted molar refractivity (Wildman–Crippen MR) is 84.0 cm³/mol. The Labute approximate surface area is 140 Å². The van der Waals surface area contributed by atoms with Crippen molar-refractivity contribution in [2.45, 2.75) is 6.18 Å². The summed E-state index contributed by atoms with van der Waals surface area (Å²) in [5.41, 5.74) is -1.25. The Hall–Kier alpha value is -3.23. The number of carboxylic acids is 1. The van der Waals surface area contributed by atoms with Crippen LogP contribution in [-0.4, -0.2) is 24.2 Å². The second-order valence-electron chi connectivity index (χ2n) is 4.87. The number of methoxy groups -OCH3 is 1. The third-order valence-electron chi connectivity index (χ3n) is 3.15. The number of nitrogens with one attached hydrogen (secondary N) is 2. The second-order valence-corrected chi connectivity index (χ2v) is 4.87. The summed E-state index contributed by atoms with van der Waals surface area (Å²) in [6.45, 7) is 0. The van der Waals surface area contributed by atoms with Crippen LogP contribution in [0, 0.1) is 0 Å². The fourth-order valence-electron chi connectivity index (χ4n) is 1.99. The average molecular weight is 354 g/mol. The van der Waals surface area contributed by atoms with Crippen molar-refractivity contribution in [1.82, 2.24) is 0 Å². The van der Waals surface area contributed by atoms with Gasteiger partial charge in [-0.05, 0) is 36.4 Å².